The van der Waals surface area contributed by atoms with Crippen molar-refractivity contribution in [1.29, 1.82) is 0 Å². The van der Waals surface area contributed by atoms with E-state index in [1.165, 1.54) is 0 Å². The minimum atomic E-state index is -0.154. The molecule has 0 radical (unpaired) electrons. The fourth-order valence-corrected chi connectivity index (χ4v) is 2.50. The molecule has 0 fully saturated rings. The molecule has 1 aromatic heterocycles. The predicted molar refractivity (Wildman–Crippen MR) is 81.8 cm³/mol. The van der Waals surface area contributed by atoms with Crippen molar-refractivity contribution in [2.75, 3.05) is 11.9 Å². The SMILES string of the molecule is Cc1cc(NC(=O)Cc2cccs2)ccc1C#CCO. The number of hydrogen-bond donors (Lipinski definition) is 2. The smallest absolute Gasteiger partial charge is 0.229 e. The maximum atomic E-state index is 11.9. The van der Waals surface area contributed by atoms with Gasteiger partial charge in [0.25, 0.3) is 0 Å². The van der Waals surface area contributed by atoms with E-state index in [1.807, 2.05) is 42.6 Å². The maximum absolute atomic E-state index is 11.9. The summed E-state index contributed by atoms with van der Waals surface area (Å²) in [7, 11) is 0. The van der Waals surface area contributed by atoms with Gasteiger partial charge in [-0.15, -0.1) is 11.3 Å². The second-order valence-corrected chi connectivity index (χ2v) is 5.33. The molecule has 2 rings (SSSR count). The molecule has 0 saturated heterocycles. The van der Waals surface area contributed by atoms with Crippen LogP contribution in [0, 0.1) is 18.8 Å². The molecule has 1 heterocycles. The minimum absolute atomic E-state index is 0.0268. The van der Waals surface area contributed by atoms with Gasteiger partial charge in [0.05, 0.1) is 6.42 Å². The fourth-order valence-electron chi connectivity index (χ4n) is 1.79. The number of carbonyl (C=O) groups is 1. The van der Waals surface area contributed by atoms with Crippen LogP contribution in [-0.2, 0) is 11.2 Å². The lowest BCUT2D eigenvalue weighted by molar-refractivity contribution is -0.115. The first-order chi connectivity index (χ1) is 9.69. The van der Waals surface area contributed by atoms with Gasteiger partial charge in [-0.2, -0.15) is 0 Å². The summed E-state index contributed by atoms with van der Waals surface area (Å²) in [5.74, 6) is 5.46. The van der Waals surface area contributed by atoms with E-state index < -0.39 is 0 Å². The summed E-state index contributed by atoms with van der Waals surface area (Å²) in [6, 6.07) is 9.43. The molecule has 0 saturated carbocycles. The van der Waals surface area contributed by atoms with E-state index in [0.717, 1.165) is 21.7 Å². The zero-order valence-corrected chi connectivity index (χ0v) is 12.0. The lowest BCUT2D eigenvalue weighted by Gasteiger charge is -2.06. The van der Waals surface area contributed by atoms with E-state index >= 15 is 0 Å². The molecule has 2 aromatic rings. The van der Waals surface area contributed by atoms with Crippen molar-refractivity contribution in [3.63, 3.8) is 0 Å². The van der Waals surface area contributed by atoms with Crippen molar-refractivity contribution < 1.29 is 9.90 Å². The third-order valence-electron chi connectivity index (χ3n) is 2.73. The Balaban J connectivity index is 2.03. The van der Waals surface area contributed by atoms with E-state index in [9.17, 15) is 4.79 Å². The highest BCUT2D eigenvalue weighted by Crippen LogP contribution is 2.16. The number of aliphatic hydroxyl groups is 1. The van der Waals surface area contributed by atoms with Gasteiger partial charge < -0.3 is 10.4 Å². The number of nitrogens with one attached hydrogen (secondary N) is 1. The molecule has 102 valence electrons. The Kier molecular flexibility index (Phi) is 4.94. The summed E-state index contributed by atoms with van der Waals surface area (Å²) in [5.41, 5.74) is 2.59. The monoisotopic (exact) mass is 285 g/mol. The quantitative estimate of drug-likeness (QED) is 0.852. The molecule has 4 heteroatoms. The summed E-state index contributed by atoms with van der Waals surface area (Å²) < 4.78 is 0. The maximum Gasteiger partial charge on any atom is 0.229 e. The third-order valence-corrected chi connectivity index (χ3v) is 3.60. The second-order valence-electron chi connectivity index (χ2n) is 4.29. The van der Waals surface area contributed by atoms with Crippen molar-refractivity contribution in [2.45, 2.75) is 13.3 Å². The number of hydrogen-bond acceptors (Lipinski definition) is 3. The number of benzene rings is 1. The number of amides is 1. The first-order valence-corrected chi connectivity index (χ1v) is 7.09. The van der Waals surface area contributed by atoms with E-state index in [-0.39, 0.29) is 12.5 Å². The van der Waals surface area contributed by atoms with Crippen molar-refractivity contribution >= 4 is 22.9 Å². The Bertz CT molecular complexity index is 651. The summed E-state index contributed by atoms with van der Waals surface area (Å²) in [4.78, 5) is 12.9. The van der Waals surface area contributed by atoms with Gasteiger partial charge >= 0.3 is 0 Å². The highest BCUT2D eigenvalue weighted by molar-refractivity contribution is 7.10. The predicted octanol–water partition coefficient (Wildman–Crippen LogP) is 2.58. The highest BCUT2D eigenvalue weighted by Gasteiger charge is 2.05. The van der Waals surface area contributed by atoms with Crippen LogP contribution < -0.4 is 5.32 Å². The van der Waals surface area contributed by atoms with Gasteiger partial charge in [0.1, 0.15) is 6.61 Å². The van der Waals surface area contributed by atoms with Crippen LogP contribution in [0.4, 0.5) is 5.69 Å². The third kappa shape index (κ3) is 3.95. The van der Waals surface area contributed by atoms with Gasteiger partial charge in [0.15, 0.2) is 0 Å². The highest BCUT2D eigenvalue weighted by atomic mass is 32.1. The van der Waals surface area contributed by atoms with Gasteiger partial charge in [0, 0.05) is 16.1 Å². The van der Waals surface area contributed by atoms with Gasteiger partial charge in [0.2, 0.25) is 5.91 Å². The van der Waals surface area contributed by atoms with E-state index in [1.54, 1.807) is 11.3 Å². The number of thiophene rings is 1. The zero-order valence-electron chi connectivity index (χ0n) is 11.1. The van der Waals surface area contributed by atoms with Crippen LogP contribution in [0.25, 0.3) is 0 Å². The fraction of sp³-hybridized carbons (Fsp3) is 0.188. The second kappa shape index (κ2) is 6.90. The van der Waals surface area contributed by atoms with Crippen molar-refractivity contribution in [3.8, 4) is 11.8 Å². The molecule has 0 aliphatic carbocycles. The van der Waals surface area contributed by atoms with Crippen molar-refractivity contribution in [2.24, 2.45) is 0 Å². The standard InChI is InChI=1S/C16H15NO2S/c1-12-10-14(7-6-13(12)4-2-8-18)17-16(19)11-15-5-3-9-20-15/h3,5-7,9-10,18H,8,11H2,1H3,(H,17,19). The molecule has 0 aliphatic heterocycles. The van der Waals surface area contributed by atoms with Crippen LogP contribution in [0.5, 0.6) is 0 Å². The number of carbonyl (C=O) groups excluding carboxylic acids is 1. The summed E-state index contributed by atoms with van der Waals surface area (Å²) >= 11 is 1.57. The molecule has 20 heavy (non-hydrogen) atoms. The lowest BCUT2D eigenvalue weighted by atomic mass is 10.1. The Labute approximate surface area is 122 Å². The van der Waals surface area contributed by atoms with Gasteiger partial charge in [-0.05, 0) is 42.1 Å². The Morgan fingerprint density at radius 2 is 2.25 bits per heavy atom. The van der Waals surface area contributed by atoms with Crippen LogP contribution in [0.1, 0.15) is 16.0 Å². The Morgan fingerprint density at radius 1 is 1.40 bits per heavy atom. The van der Waals surface area contributed by atoms with Crippen molar-refractivity contribution in [1.82, 2.24) is 0 Å². The van der Waals surface area contributed by atoms with Gasteiger partial charge in [-0.25, -0.2) is 0 Å². The van der Waals surface area contributed by atoms with Gasteiger partial charge in [-0.1, -0.05) is 17.9 Å². The van der Waals surface area contributed by atoms with E-state index in [0.29, 0.717) is 6.42 Å². The first kappa shape index (κ1) is 14.3. The number of aliphatic hydroxyl groups excluding tert-OH is 1. The topological polar surface area (TPSA) is 49.3 Å². The molecule has 0 bridgehead atoms. The summed E-state index contributed by atoms with van der Waals surface area (Å²) in [6.45, 7) is 1.77. The minimum Gasteiger partial charge on any atom is -0.384 e. The number of anilines is 1. The summed E-state index contributed by atoms with van der Waals surface area (Å²) in [6.07, 6.45) is 0.392. The largest absolute Gasteiger partial charge is 0.384 e. The van der Waals surface area contributed by atoms with Crippen LogP contribution in [0.3, 0.4) is 0 Å². The molecule has 0 aliphatic rings. The molecule has 0 spiro atoms. The van der Waals surface area contributed by atoms with Crippen LogP contribution in [0.15, 0.2) is 35.7 Å². The average Bonchev–Trinajstić information content (AvgIpc) is 2.90. The molecular formula is C16H15NO2S. The molecular weight excluding hydrogens is 270 g/mol. The molecule has 0 unspecified atom stereocenters. The Hall–Kier alpha value is -2.09. The molecule has 0 atom stereocenters. The molecule has 1 aromatic carbocycles. The van der Waals surface area contributed by atoms with Crippen LogP contribution in [0.2, 0.25) is 0 Å². The number of aryl methyl sites for hydroxylation is 1. The first-order valence-electron chi connectivity index (χ1n) is 6.21. The van der Waals surface area contributed by atoms with Crippen LogP contribution in [-0.4, -0.2) is 17.6 Å². The summed E-state index contributed by atoms with van der Waals surface area (Å²) in [5, 5.41) is 13.5. The lowest BCUT2D eigenvalue weighted by Crippen LogP contribution is -2.13. The number of rotatable bonds is 3. The normalized spacial score (nSPS) is 9.70. The zero-order chi connectivity index (χ0) is 14.4. The van der Waals surface area contributed by atoms with E-state index in [4.69, 9.17) is 5.11 Å². The molecule has 1 amide bonds. The molecule has 2 N–H and O–H groups in total. The van der Waals surface area contributed by atoms with E-state index in [2.05, 4.69) is 17.2 Å². The average molecular weight is 285 g/mol. The van der Waals surface area contributed by atoms with Crippen LogP contribution >= 0.6 is 11.3 Å². The molecule has 3 nitrogen and oxygen atoms in total. The van der Waals surface area contributed by atoms with Gasteiger partial charge in [-0.3, -0.25) is 4.79 Å². The van der Waals surface area contributed by atoms with Crippen molar-refractivity contribution in [3.05, 3.63) is 51.7 Å². The Morgan fingerprint density at radius 3 is 2.90 bits per heavy atom.